The zero-order valence-electron chi connectivity index (χ0n) is 11.1. The van der Waals surface area contributed by atoms with Crippen molar-refractivity contribution in [2.75, 3.05) is 14.1 Å². The zero-order chi connectivity index (χ0) is 13.2. The van der Waals surface area contributed by atoms with E-state index in [0.717, 1.165) is 23.3 Å². The summed E-state index contributed by atoms with van der Waals surface area (Å²) in [5.41, 5.74) is 4.43. The van der Waals surface area contributed by atoms with E-state index in [2.05, 4.69) is 64.3 Å². The Labute approximate surface area is 112 Å². The van der Waals surface area contributed by atoms with Gasteiger partial charge in [0.1, 0.15) is 12.0 Å². The molecule has 0 aliphatic rings. The lowest BCUT2D eigenvalue weighted by atomic mass is 10.1. The van der Waals surface area contributed by atoms with E-state index in [1.165, 1.54) is 11.1 Å². The third-order valence-corrected chi connectivity index (χ3v) is 3.03. The van der Waals surface area contributed by atoms with Crippen LogP contribution in [0.1, 0.15) is 5.56 Å². The first-order chi connectivity index (χ1) is 9.22. The summed E-state index contributed by atoms with van der Waals surface area (Å²) in [6, 6.07) is 10.6. The summed E-state index contributed by atoms with van der Waals surface area (Å²) in [5, 5.41) is 1.04. The molecule has 3 aromatic rings. The molecule has 1 aromatic carbocycles. The average Bonchev–Trinajstić information content (AvgIpc) is 2.82. The maximum Gasteiger partial charge on any atom is 0.141 e. The van der Waals surface area contributed by atoms with Crippen LogP contribution in [0.4, 0.5) is 0 Å². The van der Waals surface area contributed by atoms with Crippen molar-refractivity contribution in [1.82, 2.24) is 19.9 Å². The Hall–Kier alpha value is -2.20. The highest BCUT2D eigenvalue weighted by atomic mass is 15.0. The van der Waals surface area contributed by atoms with Gasteiger partial charge in [-0.25, -0.2) is 9.97 Å². The fourth-order valence-corrected chi connectivity index (χ4v) is 2.23. The van der Waals surface area contributed by atoms with Gasteiger partial charge in [0.25, 0.3) is 0 Å². The van der Waals surface area contributed by atoms with Crippen molar-refractivity contribution in [3.63, 3.8) is 0 Å². The molecule has 1 N–H and O–H groups in total. The lowest BCUT2D eigenvalue weighted by molar-refractivity contribution is 0.402. The summed E-state index contributed by atoms with van der Waals surface area (Å²) in [6.45, 7) is 0.938. The summed E-state index contributed by atoms with van der Waals surface area (Å²) >= 11 is 0. The van der Waals surface area contributed by atoms with Crippen LogP contribution in [-0.4, -0.2) is 33.9 Å². The summed E-state index contributed by atoms with van der Waals surface area (Å²) in [4.78, 5) is 13.8. The molecule has 2 aromatic heterocycles. The number of nitrogens with zero attached hydrogens (tertiary/aromatic N) is 3. The number of benzene rings is 1. The normalized spacial score (nSPS) is 11.3. The second kappa shape index (κ2) is 4.82. The Morgan fingerprint density at radius 2 is 2.11 bits per heavy atom. The van der Waals surface area contributed by atoms with E-state index in [1.807, 2.05) is 6.20 Å². The quantitative estimate of drug-likeness (QED) is 0.779. The molecule has 2 heterocycles. The van der Waals surface area contributed by atoms with E-state index in [-0.39, 0.29) is 0 Å². The van der Waals surface area contributed by atoms with Crippen LogP contribution in [0.15, 0.2) is 42.9 Å². The molecule has 0 saturated heterocycles. The van der Waals surface area contributed by atoms with Gasteiger partial charge in [0.15, 0.2) is 0 Å². The van der Waals surface area contributed by atoms with E-state index in [4.69, 9.17) is 0 Å². The molecule has 0 aliphatic heterocycles. The van der Waals surface area contributed by atoms with Crippen molar-refractivity contribution in [2.24, 2.45) is 0 Å². The number of H-pyrrole nitrogens is 1. The lowest BCUT2D eigenvalue weighted by Crippen LogP contribution is -2.10. The minimum atomic E-state index is 0.878. The van der Waals surface area contributed by atoms with Crippen molar-refractivity contribution < 1.29 is 0 Å². The maximum absolute atomic E-state index is 4.22. The highest BCUT2D eigenvalue weighted by molar-refractivity contribution is 5.82. The molecule has 4 nitrogen and oxygen atoms in total. The molecule has 0 unspecified atom stereocenters. The van der Waals surface area contributed by atoms with Crippen LogP contribution in [-0.2, 0) is 6.54 Å². The predicted molar refractivity (Wildman–Crippen MR) is 76.7 cm³/mol. The van der Waals surface area contributed by atoms with Crippen LogP contribution < -0.4 is 0 Å². The van der Waals surface area contributed by atoms with Gasteiger partial charge in [-0.3, -0.25) is 0 Å². The molecule has 0 fully saturated rings. The van der Waals surface area contributed by atoms with Crippen molar-refractivity contribution in [3.8, 4) is 11.3 Å². The first-order valence-corrected chi connectivity index (χ1v) is 6.25. The second-order valence-corrected chi connectivity index (χ2v) is 4.95. The van der Waals surface area contributed by atoms with Gasteiger partial charge in [-0.15, -0.1) is 0 Å². The molecule has 19 heavy (non-hydrogen) atoms. The third-order valence-electron chi connectivity index (χ3n) is 3.03. The number of aromatic nitrogens is 3. The molecule has 0 aliphatic carbocycles. The molecular weight excluding hydrogens is 236 g/mol. The van der Waals surface area contributed by atoms with Crippen LogP contribution in [0.3, 0.4) is 0 Å². The van der Waals surface area contributed by atoms with Gasteiger partial charge in [-0.1, -0.05) is 18.2 Å². The van der Waals surface area contributed by atoms with Gasteiger partial charge in [0, 0.05) is 23.8 Å². The fraction of sp³-hybridized carbons (Fsp3) is 0.200. The molecule has 4 heteroatoms. The van der Waals surface area contributed by atoms with Gasteiger partial charge in [-0.05, 0) is 37.4 Å². The summed E-state index contributed by atoms with van der Waals surface area (Å²) < 4.78 is 0. The Bertz CT molecular complexity index is 667. The largest absolute Gasteiger partial charge is 0.339 e. The van der Waals surface area contributed by atoms with Crippen LogP contribution in [0.5, 0.6) is 0 Å². The highest BCUT2D eigenvalue weighted by Crippen LogP contribution is 2.23. The van der Waals surface area contributed by atoms with Crippen LogP contribution in [0.2, 0.25) is 0 Å². The third kappa shape index (κ3) is 2.48. The van der Waals surface area contributed by atoms with Gasteiger partial charge in [0.05, 0.1) is 0 Å². The number of hydrogen-bond donors (Lipinski definition) is 1. The topological polar surface area (TPSA) is 44.8 Å². The Morgan fingerprint density at radius 1 is 1.21 bits per heavy atom. The van der Waals surface area contributed by atoms with Gasteiger partial charge in [0.2, 0.25) is 0 Å². The molecule has 3 rings (SSSR count). The second-order valence-electron chi connectivity index (χ2n) is 4.95. The molecule has 0 saturated carbocycles. The summed E-state index contributed by atoms with van der Waals surface area (Å²) in [6.07, 6.45) is 3.39. The number of nitrogens with one attached hydrogen (secondary N) is 1. The maximum atomic E-state index is 4.22. The number of fused-ring (bicyclic) bond motifs is 1. The van der Waals surface area contributed by atoms with E-state index in [9.17, 15) is 0 Å². The van der Waals surface area contributed by atoms with E-state index in [1.54, 1.807) is 6.33 Å². The smallest absolute Gasteiger partial charge is 0.141 e. The van der Waals surface area contributed by atoms with Gasteiger partial charge < -0.3 is 9.88 Å². The monoisotopic (exact) mass is 252 g/mol. The van der Waals surface area contributed by atoms with Gasteiger partial charge in [-0.2, -0.15) is 0 Å². The lowest BCUT2D eigenvalue weighted by Gasteiger charge is -2.10. The Balaban J connectivity index is 2.01. The SMILES string of the molecule is CN(C)Cc1cccc(-c2cc3cncnc3[nH]2)c1. The average molecular weight is 252 g/mol. The Morgan fingerprint density at radius 3 is 2.89 bits per heavy atom. The van der Waals surface area contributed by atoms with Crippen molar-refractivity contribution in [3.05, 3.63) is 48.4 Å². The predicted octanol–water partition coefficient (Wildman–Crippen LogP) is 2.69. The summed E-state index contributed by atoms with van der Waals surface area (Å²) in [7, 11) is 4.15. The zero-order valence-corrected chi connectivity index (χ0v) is 11.1. The number of aromatic amines is 1. The Kier molecular flexibility index (Phi) is 3.01. The van der Waals surface area contributed by atoms with Crippen LogP contribution in [0, 0.1) is 0 Å². The van der Waals surface area contributed by atoms with Crippen molar-refractivity contribution in [2.45, 2.75) is 6.54 Å². The minimum Gasteiger partial charge on any atom is -0.339 e. The standard InChI is InChI=1S/C15H16N4/c1-19(2)9-11-4-3-5-12(6-11)14-7-13-8-16-10-17-15(13)18-14/h3-8,10H,9H2,1-2H3,(H,16,17,18). The molecule has 0 atom stereocenters. The molecule has 0 bridgehead atoms. The van der Waals surface area contributed by atoms with Crippen LogP contribution in [0.25, 0.3) is 22.3 Å². The first-order valence-electron chi connectivity index (χ1n) is 6.25. The summed E-state index contributed by atoms with van der Waals surface area (Å²) in [5.74, 6) is 0. The number of hydrogen-bond acceptors (Lipinski definition) is 3. The van der Waals surface area contributed by atoms with E-state index < -0.39 is 0 Å². The number of rotatable bonds is 3. The van der Waals surface area contributed by atoms with Crippen molar-refractivity contribution in [1.29, 1.82) is 0 Å². The van der Waals surface area contributed by atoms with Crippen molar-refractivity contribution >= 4 is 11.0 Å². The molecule has 0 amide bonds. The van der Waals surface area contributed by atoms with E-state index >= 15 is 0 Å². The first kappa shape index (κ1) is 11.9. The highest BCUT2D eigenvalue weighted by Gasteiger charge is 2.05. The van der Waals surface area contributed by atoms with Crippen LogP contribution >= 0.6 is 0 Å². The molecule has 0 radical (unpaired) electrons. The minimum absolute atomic E-state index is 0.878. The fourth-order valence-electron chi connectivity index (χ4n) is 2.23. The molecular formula is C15H16N4. The molecule has 0 spiro atoms. The molecule has 96 valence electrons. The van der Waals surface area contributed by atoms with Gasteiger partial charge >= 0.3 is 0 Å². The van der Waals surface area contributed by atoms with E-state index in [0.29, 0.717) is 0 Å².